The molecule has 5 unspecified atom stereocenters. The third kappa shape index (κ3) is 2.66. The van der Waals surface area contributed by atoms with Crippen LogP contribution >= 0.6 is 0 Å². The van der Waals surface area contributed by atoms with E-state index in [4.69, 9.17) is 0 Å². The smallest absolute Gasteiger partial charge is 0.241 e. The number of Topliss-reactive ketones (excluding diaryl/α,β-unsaturated/α-hetero) is 1. The molecule has 150 valence electrons. The van der Waals surface area contributed by atoms with Gasteiger partial charge < -0.3 is 15.3 Å². The topological polar surface area (TPSA) is 69.6 Å². The maximum absolute atomic E-state index is 13.3. The Kier molecular flexibility index (Phi) is 4.55. The fraction of sp³-hybridized carbons (Fsp3) is 0.652. The first kappa shape index (κ1) is 18.3. The molecule has 5 nitrogen and oxygen atoms in total. The SMILES string of the molecule is O=C1CC23C1CC(NCC(=O)N(c1ccccc1)C1CCCCC1)C2C3CO. The Morgan fingerprint density at radius 3 is 2.61 bits per heavy atom. The second-order valence-corrected chi connectivity index (χ2v) is 9.24. The molecule has 4 fully saturated rings. The fourth-order valence-corrected chi connectivity index (χ4v) is 6.72. The molecule has 1 aromatic carbocycles. The fourth-order valence-electron chi connectivity index (χ4n) is 6.72. The number of nitrogens with zero attached hydrogens (tertiary/aromatic N) is 1. The zero-order valence-electron chi connectivity index (χ0n) is 16.3. The lowest BCUT2D eigenvalue weighted by molar-refractivity contribution is -0.136. The molecule has 1 spiro atoms. The van der Waals surface area contributed by atoms with Gasteiger partial charge in [0.2, 0.25) is 5.91 Å². The molecule has 0 saturated heterocycles. The van der Waals surface area contributed by atoms with Crippen LogP contribution in [0.3, 0.4) is 0 Å². The largest absolute Gasteiger partial charge is 0.396 e. The minimum atomic E-state index is 0.0645. The van der Waals surface area contributed by atoms with Gasteiger partial charge in [0, 0.05) is 36.7 Å². The van der Waals surface area contributed by atoms with E-state index in [-0.39, 0.29) is 41.8 Å². The number of para-hydroxylation sites is 1. The highest BCUT2D eigenvalue weighted by Gasteiger charge is 2.80. The van der Waals surface area contributed by atoms with E-state index in [0.29, 0.717) is 24.7 Å². The molecule has 5 heteroatoms. The number of hydrogen-bond donors (Lipinski definition) is 2. The van der Waals surface area contributed by atoms with Gasteiger partial charge in [-0.1, -0.05) is 37.5 Å². The summed E-state index contributed by atoms with van der Waals surface area (Å²) in [5, 5.41) is 13.2. The molecule has 0 radical (unpaired) electrons. The van der Waals surface area contributed by atoms with Crippen molar-refractivity contribution >= 4 is 17.4 Å². The van der Waals surface area contributed by atoms with Crippen molar-refractivity contribution in [3.05, 3.63) is 30.3 Å². The summed E-state index contributed by atoms with van der Waals surface area (Å²) in [6, 6.07) is 10.5. The summed E-state index contributed by atoms with van der Waals surface area (Å²) in [6.07, 6.45) is 7.24. The summed E-state index contributed by atoms with van der Waals surface area (Å²) < 4.78 is 0. The molecular weight excluding hydrogens is 352 g/mol. The summed E-state index contributed by atoms with van der Waals surface area (Å²) in [5.74, 6) is 1.21. The van der Waals surface area contributed by atoms with Gasteiger partial charge in [-0.05, 0) is 48.6 Å². The summed E-state index contributed by atoms with van der Waals surface area (Å²) in [5.41, 5.74) is 1.05. The van der Waals surface area contributed by atoms with Crippen LogP contribution in [0.1, 0.15) is 44.9 Å². The number of aliphatic hydroxyl groups is 1. The van der Waals surface area contributed by atoms with E-state index in [1.165, 1.54) is 19.3 Å². The van der Waals surface area contributed by atoms with Crippen LogP contribution < -0.4 is 10.2 Å². The minimum absolute atomic E-state index is 0.0645. The molecule has 0 heterocycles. The Morgan fingerprint density at radius 1 is 1.18 bits per heavy atom. The lowest BCUT2D eigenvalue weighted by Crippen LogP contribution is -2.48. The quantitative estimate of drug-likeness (QED) is 0.793. The lowest BCUT2D eigenvalue weighted by atomic mass is 9.68. The van der Waals surface area contributed by atoms with E-state index in [0.717, 1.165) is 24.9 Å². The van der Waals surface area contributed by atoms with Crippen molar-refractivity contribution in [3.8, 4) is 0 Å². The highest BCUT2D eigenvalue weighted by Crippen LogP contribution is 2.77. The molecular formula is C23H30N2O3. The lowest BCUT2D eigenvalue weighted by Gasteiger charge is -2.35. The molecule has 4 aliphatic carbocycles. The molecule has 0 bridgehead atoms. The van der Waals surface area contributed by atoms with Gasteiger partial charge in [0.25, 0.3) is 0 Å². The maximum atomic E-state index is 13.3. The highest BCUT2D eigenvalue weighted by atomic mass is 16.3. The predicted octanol–water partition coefficient (Wildman–Crippen LogP) is 2.53. The number of aliphatic hydroxyl groups excluding tert-OH is 1. The number of hydrogen-bond acceptors (Lipinski definition) is 4. The normalized spacial score (nSPS) is 36.4. The highest BCUT2D eigenvalue weighted by molar-refractivity contribution is 5.95. The molecule has 2 N–H and O–H groups in total. The Hall–Kier alpha value is -1.72. The van der Waals surface area contributed by atoms with E-state index < -0.39 is 0 Å². The van der Waals surface area contributed by atoms with Crippen molar-refractivity contribution in [1.82, 2.24) is 5.32 Å². The molecule has 28 heavy (non-hydrogen) atoms. The van der Waals surface area contributed by atoms with E-state index in [1.807, 2.05) is 35.2 Å². The monoisotopic (exact) mass is 382 g/mol. The zero-order valence-corrected chi connectivity index (χ0v) is 16.3. The third-order valence-corrected chi connectivity index (χ3v) is 8.03. The minimum Gasteiger partial charge on any atom is -0.396 e. The Balaban J connectivity index is 1.27. The molecule has 5 atom stereocenters. The molecule has 1 amide bonds. The van der Waals surface area contributed by atoms with Crippen LogP contribution in [0.15, 0.2) is 30.3 Å². The zero-order chi connectivity index (χ0) is 19.3. The Bertz CT molecular complexity index is 760. The number of rotatable bonds is 6. The number of nitrogens with one attached hydrogen (secondary N) is 1. The van der Waals surface area contributed by atoms with Crippen molar-refractivity contribution in [2.24, 2.45) is 23.2 Å². The van der Waals surface area contributed by atoms with Gasteiger partial charge in [0.1, 0.15) is 5.78 Å². The number of ketones is 1. The maximum Gasteiger partial charge on any atom is 0.241 e. The van der Waals surface area contributed by atoms with Crippen molar-refractivity contribution in [2.45, 2.75) is 57.0 Å². The first-order valence-electron chi connectivity index (χ1n) is 10.9. The van der Waals surface area contributed by atoms with Gasteiger partial charge in [-0.25, -0.2) is 0 Å². The van der Waals surface area contributed by atoms with Gasteiger partial charge in [-0.2, -0.15) is 0 Å². The summed E-state index contributed by atoms with van der Waals surface area (Å²) in [7, 11) is 0. The van der Waals surface area contributed by atoms with Gasteiger partial charge in [-0.3, -0.25) is 9.59 Å². The molecule has 0 aromatic heterocycles. The molecule has 4 aliphatic rings. The van der Waals surface area contributed by atoms with Crippen LogP contribution in [0, 0.1) is 23.2 Å². The molecule has 5 rings (SSSR count). The number of anilines is 1. The molecule has 0 aliphatic heterocycles. The van der Waals surface area contributed by atoms with Crippen LogP contribution in [-0.4, -0.2) is 42.0 Å². The average Bonchev–Trinajstić information content (AvgIpc) is 3.31. The number of carbonyl (C=O) groups is 2. The first-order chi connectivity index (χ1) is 13.7. The van der Waals surface area contributed by atoms with Crippen LogP contribution in [0.2, 0.25) is 0 Å². The van der Waals surface area contributed by atoms with Gasteiger partial charge in [0.05, 0.1) is 6.54 Å². The van der Waals surface area contributed by atoms with E-state index in [9.17, 15) is 14.7 Å². The summed E-state index contributed by atoms with van der Waals surface area (Å²) >= 11 is 0. The van der Waals surface area contributed by atoms with Gasteiger partial charge in [-0.15, -0.1) is 0 Å². The number of amides is 1. The Labute approximate surface area is 166 Å². The number of benzene rings is 1. The van der Waals surface area contributed by atoms with Crippen LogP contribution in [0.4, 0.5) is 5.69 Å². The van der Waals surface area contributed by atoms with E-state index in [2.05, 4.69) is 5.32 Å². The van der Waals surface area contributed by atoms with Crippen LogP contribution in [0.25, 0.3) is 0 Å². The van der Waals surface area contributed by atoms with Crippen molar-refractivity contribution < 1.29 is 14.7 Å². The summed E-state index contributed by atoms with van der Waals surface area (Å²) in [6.45, 7) is 0.473. The molecule has 1 aromatic rings. The Morgan fingerprint density at radius 2 is 1.93 bits per heavy atom. The number of carbonyl (C=O) groups excluding carboxylic acids is 2. The second kappa shape index (κ2) is 6.96. The molecule has 4 saturated carbocycles. The first-order valence-corrected chi connectivity index (χ1v) is 10.9. The van der Waals surface area contributed by atoms with E-state index in [1.54, 1.807) is 0 Å². The van der Waals surface area contributed by atoms with Crippen LogP contribution in [-0.2, 0) is 9.59 Å². The van der Waals surface area contributed by atoms with Crippen molar-refractivity contribution in [1.29, 1.82) is 0 Å². The van der Waals surface area contributed by atoms with E-state index >= 15 is 0 Å². The standard InChI is InChI=1S/C23H30N2O3/c26-14-18-22-19(11-17-20(27)12-23(17,18)22)24-13-21(28)25(15-7-3-1-4-8-15)16-9-5-2-6-10-16/h1,3-4,7-8,16-19,22,24,26H,2,5-6,9-14H2. The van der Waals surface area contributed by atoms with Gasteiger partial charge >= 0.3 is 0 Å². The summed E-state index contributed by atoms with van der Waals surface area (Å²) in [4.78, 5) is 27.3. The average molecular weight is 383 g/mol. The van der Waals surface area contributed by atoms with Gasteiger partial charge in [0.15, 0.2) is 0 Å². The van der Waals surface area contributed by atoms with Crippen molar-refractivity contribution in [2.75, 3.05) is 18.1 Å². The van der Waals surface area contributed by atoms with Crippen molar-refractivity contribution in [3.63, 3.8) is 0 Å². The second-order valence-electron chi connectivity index (χ2n) is 9.24. The third-order valence-electron chi connectivity index (χ3n) is 8.03. The van der Waals surface area contributed by atoms with Crippen LogP contribution in [0.5, 0.6) is 0 Å². The predicted molar refractivity (Wildman–Crippen MR) is 107 cm³/mol.